The molecule has 4 rings (SSSR count). The van der Waals surface area contributed by atoms with Gasteiger partial charge in [0.2, 0.25) is 0 Å². The quantitative estimate of drug-likeness (QED) is 0.107. The van der Waals surface area contributed by atoms with Gasteiger partial charge in [-0.05, 0) is 66.9 Å². The molecule has 0 unspecified atom stereocenters. The van der Waals surface area contributed by atoms with E-state index in [1.807, 2.05) is 0 Å². The van der Waals surface area contributed by atoms with E-state index in [4.69, 9.17) is 33.1 Å². The third kappa shape index (κ3) is 7.10. The van der Waals surface area contributed by atoms with Crippen LogP contribution < -0.4 is 65.9 Å². The number of hydrogen-bond acceptors (Lipinski definition) is 8. The van der Waals surface area contributed by atoms with Crippen LogP contribution in [0, 0.1) is 0 Å². The molecule has 10 nitrogen and oxygen atoms in total. The summed E-state index contributed by atoms with van der Waals surface area (Å²) >= 11 is 11.6. The van der Waals surface area contributed by atoms with Crippen LogP contribution in [0.5, 0.6) is 5.75 Å². The predicted molar refractivity (Wildman–Crippen MR) is 138 cm³/mol. The number of rotatable bonds is 8. The summed E-state index contributed by atoms with van der Waals surface area (Å²) in [5.74, 6) is 0.191. The van der Waals surface area contributed by atoms with Crippen LogP contribution in [0.1, 0.15) is 14.3 Å². The van der Waals surface area contributed by atoms with Crippen LogP contribution in [0.15, 0.2) is 65.6 Å². The van der Waals surface area contributed by atoms with Crippen molar-refractivity contribution in [2.24, 2.45) is 0 Å². The molecule has 0 radical (unpaired) electrons. The number of thiocarbonyl (C=S) groups is 1. The Morgan fingerprint density at radius 1 is 1.14 bits per heavy atom. The molecule has 2 aromatic rings. The SMILES string of the molecule is O=C1C(=C=C=C2Oc3ccc(Cl)cc3N2CCCCS(=O)(=O)O)N(CCO)C(=S)N1c1ccccn1.[H-].[K+]. The molecule has 1 aromatic heterocycles. The fourth-order valence-corrected chi connectivity index (χ4v) is 4.77. The van der Waals surface area contributed by atoms with Gasteiger partial charge < -0.3 is 21.1 Å². The maximum atomic E-state index is 13.2. The standard InChI is InChI=1S/C23H21ClN4O6S2.K.H/c24-16-6-8-19-18(15-16)26(11-3-4-14-36(31,32)33)21(34-19)9-7-17-22(30)28(20-5-1-2-10-25-20)23(35)27(17)12-13-29;;/h1-2,5-6,8,10,15,29H,3-4,11-14H2,(H,31,32,33);;/q;+1;-1. The summed E-state index contributed by atoms with van der Waals surface area (Å²) in [6.45, 7) is 0.129. The van der Waals surface area contributed by atoms with Crippen molar-refractivity contribution in [3.63, 3.8) is 0 Å². The maximum Gasteiger partial charge on any atom is 1.00 e. The molecular formula is C23H22ClKN4O6S2. The molecule has 14 heteroatoms. The summed E-state index contributed by atoms with van der Waals surface area (Å²) in [5, 5.41) is 10.1. The molecule has 2 aliphatic heterocycles. The van der Waals surface area contributed by atoms with Crippen molar-refractivity contribution in [3.8, 4) is 5.75 Å². The van der Waals surface area contributed by atoms with Crippen molar-refractivity contribution in [1.29, 1.82) is 0 Å². The molecule has 0 atom stereocenters. The molecular weight excluding hydrogens is 567 g/mol. The van der Waals surface area contributed by atoms with Gasteiger partial charge in [0.25, 0.3) is 21.9 Å². The first-order valence-electron chi connectivity index (χ1n) is 10.8. The number of unbranched alkanes of at least 4 members (excludes halogenated alkanes) is 1. The molecule has 0 saturated carbocycles. The minimum absolute atomic E-state index is 0. The Bertz CT molecular complexity index is 1420. The fraction of sp³-hybridized carbons (Fsp3) is 0.261. The van der Waals surface area contributed by atoms with Crippen LogP contribution in [0.2, 0.25) is 5.02 Å². The number of benzene rings is 1. The van der Waals surface area contributed by atoms with E-state index in [0.29, 0.717) is 35.2 Å². The number of halogens is 1. The summed E-state index contributed by atoms with van der Waals surface area (Å²) in [7, 11) is -4.07. The summed E-state index contributed by atoms with van der Waals surface area (Å²) in [5.41, 5.74) is 6.41. The van der Waals surface area contributed by atoms with Gasteiger partial charge in [0.05, 0.1) is 18.0 Å². The molecule has 1 saturated heterocycles. The topological polar surface area (TPSA) is 124 Å². The van der Waals surface area contributed by atoms with Crippen molar-refractivity contribution >= 4 is 56.5 Å². The van der Waals surface area contributed by atoms with Crippen molar-refractivity contribution in [2.75, 3.05) is 35.2 Å². The number of β-amino-alcohol motifs (C(OH)–C–C–N with tert-alkyl or cyclic N) is 1. The van der Waals surface area contributed by atoms with E-state index in [1.54, 1.807) is 41.3 Å². The monoisotopic (exact) mass is 588 g/mol. The molecule has 1 aromatic carbocycles. The van der Waals surface area contributed by atoms with E-state index in [-0.39, 0.29) is 94.8 Å². The van der Waals surface area contributed by atoms with Crippen molar-refractivity contribution in [2.45, 2.75) is 12.8 Å². The van der Waals surface area contributed by atoms with Gasteiger partial charge in [-0.3, -0.25) is 9.35 Å². The summed E-state index contributed by atoms with van der Waals surface area (Å²) < 4.78 is 37.0. The van der Waals surface area contributed by atoms with E-state index in [9.17, 15) is 18.3 Å². The third-order valence-corrected chi connectivity index (χ3v) is 6.73. The van der Waals surface area contributed by atoms with E-state index in [2.05, 4.69) is 16.4 Å². The number of ether oxygens (including phenoxy) is 1. The summed E-state index contributed by atoms with van der Waals surface area (Å²) in [6.07, 6.45) is 2.17. The molecule has 3 heterocycles. The Hall–Kier alpha value is -1.57. The zero-order valence-electron chi connectivity index (χ0n) is 20.8. The second-order valence-electron chi connectivity index (χ2n) is 7.75. The summed E-state index contributed by atoms with van der Waals surface area (Å²) in [6, 6.07) is 10.1. The van der Waals surface area contributed by atoms with Gasteiger partial charge in [-0.2, -0.15) is 8.42 Å². The Labute approximate surface area is 268 Å². The molecule has 0 spiro atoms. The molecule has 37 heavy (non-hydrogen) atoms. The van der Waals surface area contributed by atoms with Gasteiger partial charge in [-0.15, -0.1) is 0 Å². The van der Waals surface area contributed by atoms with Gasteiger partial charge >= 0.3 is 51.4 Å². The van der Waals surface area contributed by atoms with E-state index in [1.165, 1.54) is 16.0 Å². The maximum absolute atomic E-state index is 13.2. The smallest absolute Gasteiger partial charge is 1.00 e. The largest absolute Gasteiger partial charge is 1.00 e. The van der Waals surface area contributed by atoms with Crippen LogP contribution in [-0.4, -0.2) is 64.4 Å². The number of carbonyl (C=O) groups excluding carboxylic acids is 1. The average molecular weight is 589 g/mol. The number of anilines is 2. The van der Waals surface area contributed by atoms with E-state index >= 15 is 0 Å². The Morgan fingerprint density at radius 3 is 2.59 bits per heavy atom. The van der Waals surface area contributed by atoms with Crippen molar-refractivity contribution in [3.05, 3.63) is 70.7 Å². The van der Waals surface area contributed by atoms with Gasteiger partial charge in [-0.25, -0.2) is 9.88 Å². The zero-order valence-corrected chi connectivity index (χ0v) is 25.3. The second-order valence-corrected chi connectivity index (χ2v) is 10.1. The molecule has 0 aliphatic carbocycles. The number of nitrogens with zero attached hydrogens (tertiary/aromatic N) is 4. The Kier molecular flexibility index (Phi) is 10.5. The molecule has 0 bridgehead atoms. The zero-order chi connectivity index (χ0) is 25.9. The van der Waals surface area contributed by atoms with Crippen LogP contribution in [0.25, 0.3) is 0 Å². The van der Waals surface area contributed by atoms with E-state index < -0.39 is 16.0 Å². The van der Waals surface area contributed by atoms with Gasteiger partial charge in [0.1, 0.15) is 5.82 Å². The Morgan fingerprint density at radius 2 is 1.92 bits per heavy atom. The first kappa shape index (κ1) is 30.0. The number of amides is 1. The van der Waals surface area contributed by atoms with Crippen molar-refractivity contribution in [1.82, 2.24) is 9.88 Å². The summed E-state index contributed by atoms with van der Waals surface area (Å²) in [4.78, 5) is 21.8. The minimum atomic E-state index is -4.07. The Balaban J connectivity index is 0.00000253. The van der Waals surface area contributed by atoms with Crippen LogP contribution in [-0.2, 0) is 14.9 Å². The number of aromatic nitrogens is 1. The molecule has 190 valence electrons. The number of aliphatic hydroxyl groups is 1. The van der Waals surface area contributed by atoms with Gasteiger partial charge in [0, 0.05) is 24.3 Å². The number of hydrogen-bond donors (Lipinski definition) is 2. The van der Waals surface area contributed by atoms with Crippen LogP contribution in [0.3, 0.4) is 0 Å². The first-order chi connectivity index (χ1) is 17.2. The number of fused-ring (bicyclic) bond motifs is 1. The van der Waals surface area contributed by atoms with E-state index in [0.717, 1.165) is 0 Å². The molecule has 2 aliphatic rings. The normalized spacial score (nSPS) is 14.8. The fourth-order valence-electron chi connectivity index (χ4n) is 3.68. The van der Waals surface area contributed by atoms with Gasteiger partial charge in [-0.1, -0.05) is 17.7 Å². The minimum Gasteiger partial charge on any atom is -1.00 e. The predicted octanol–water partition coefficient (Wildman–Crippen LogP) is -0.176. The molecule has 2 N–H and O–H groups in total. The van der Waals surface area contributed by atoms with Gasteiger partial charge in [0.15, 0.2) is 16.6 Å². The number of aliphatic hydroxyl groups excluding tert-OH is 1. The average Bonchev–Trinajstić information content (AvgIpc) is 3.29. The third-order valence-electron chi connectivity index (χ3n) is 5.29. The van der Waals surface area contributed by atoms with Crippen molar-refractivity contribution < 1.29 is 80.4 Å². The molecule has 1 fully saturated rings. The first-order valence-corrected chi connectivity index (χ1v) is 13.2. The van der Waals surface area contributed by atoms with Crippen LogP contribution in [0.4, 0.5) is 11.5 Å². The number of carbonyl (C=O) groups is 1. The number of pyridine rings is 1. The van der Waals surface area contributed by atoms with Crippen LogP contribution >= 0.6 is 23.8 Å². The molecule has 1 amide bonds. The second kappa shape index (κ2) is 13.0.